The summed E-state index contributed by atoms with van der Waals surface area (Å²) in [4.78, 5) is 12.7. The number of carbonyl (C=O) groups excluding carboxylic acids is 1. The van der Waals surface area contributed by atoms with Crippen molar-refractivity contribution in [2.75, 3.05) is 39.5 Å². The van der Waals surface area contributed by atoms with Gasteiger partial charge in [-0.05, 0) is 62.3 Å². The van der Waals surface area contributed by atoms with Crippen molar-refractivity contribution in [3.05, 3.63) is 48.3 Å². The fraction of sp³-hybridized carbons (Fsp3) is 0.658. The summed E-state index contributed by atoms with van der Waals surface area (Å²) in [7, 11) is 3.14. The van der Waals surface area contributed by atoms with Gasteiger partial charge >= 0.3 is 5.97 Å². The number of esters is 1. The first-order chi connectivity index (χ1) is 25.5. The monoisotopic (exact) mass is 775 g/mol. The maximum Gasteiger partial charge on any atom is 0.306 e. The van der Waals surface area contributed by atoms with Crippen LogP contribution >= 0.6 is 21.6 Å². The summed E-state index contributed by atoms with van der Waals surface area (Å²) < 4.78 is 31.5. The third kappa shape index (κ3) is 5.63. The van der Waals surface area contributed by atoms with E-state index >= 15 is 0 Å². The lowest BCUT2D eigenvalue weighted by molar-refractivity contribution is -0.450. The van der Waals surface area contributed by atoms with Gasteiger partial charge in [0.05, 0.1) is 30.8 Å². The van der Waals surface area contributed by atoms with E-state index in [1.807, 2.05) is 0 Å². The second-order valence-corrected chi connectivity index (χ2v) is 18.2. The van der Waals surface area contributed by atoms with E-state index in [-0.39, 0.29) is 48.7 Å². The van der Waals surface area contributed by atoms with Gasteiger partial charge in [0.15, 0.2) is 16.9 Å². The summed E-state index contributed by atoms with van der Waals surface area (Å²) in [6, 6.07) is 3.56. The van der Waals surface area contributed by atoms with Gasteiger partial charge in [-0.3, -0.25) is 4.79 Å². The molecular weight excluding hydrogens is 727 g/mol. The number of aryl methyl sites for hydroxylation is 1. The zero-order valence-corrected chi connectivity index (χ0v) is 31.3. The molecule has 290 valence electrons. The molecule has 1 aromatic heterocycles. The predicted molar refractivity (Wildman–Crippen MR) is 196 cm³/mol. The van der Waals surface area contributed by atoms with Crippen molar-refractivity contribution in [2.45, 2.75) is 96.7 Å². The second-order valence-electron chi connectivity index (χ2n) is 15.4. The van der Waals surface area contributed by atoms with Crippen molar-refractivity contribution in [3.8, 4) is 11.5 Å². The maximum absolute atomic E-state index is 13.3. The first-order valence-electron chi connectivity index (χ1n) is 18.7. The summed E-state index contributed by atoms with van der Waals surface area (Å²) in [6.07, 6.45) is 8.90. The van der Waals surface area contributed by atoms with Crippen LogP contribution in [-0.4, -0.2) is 121 Å². The van der Waals surface area contributed by atoms with Crippen LogP contribution in [0.15, 0.2) is 47.1 Å². The molecule has 3 aliphatic heterocycles. The molecule has 1 unspecified atom stereocenters. The van der Waals surface area contributed by atoms with E-state index in [1.165, 1.54) is 29.2 Å². The van der Waals surface area contributed by atoms with Crippen LogP contribution in [-0.2, 0) is 20.7 Å². The van der Waals surface area contributed by atoms with Crippen molar-refractivity contribution >= 4 is 38.5 Å². The normalized spacial score (nSPS) is 40.1. The van der Waals surface area contributed by atoms with Gasteiger partial charge in [-0.1, -0.05) is 52.7 Å². The average molecular weight is 776 g/mol. The summed E-state index contributed by atoms with van der Waals surface area (Å²) in [5.41, 5.74) is -5.80. The number of aliphatic hydroxyl groups is 6. The molecule has 7 N–H and O–H groups in total. The van der Waals surface area contributed by atoms with Crippen LogP contribution in [0, 0.1) is 17.8 Å². The Morgan fingerprint density at radius 3 is 2.68 bits per heavy atom. The second kappa shape index (κ2) is 14.0. The molecule has 13 nitrogen and oxygen atoms in total. The lowest BCUT2D eigenvalue weighted by Gasteiger charge is -2.71. The molecule has 5 bridgehead atoms. The summed E-state index contributed by atoms with van der Waals surface area (Å²) >= 11 is 0. The molecule has 4 heterocycles. The van der Waals surface area contributed by atoms with Gasteiger partial charge in [-0.25, -0.2) is 0 Å². The minimum atomic E-state index is -2.52. The van der Waals surface area contributed by atoms with Crippen LogP contribution in [0.1, 0.15) is 51.0 Å². The Kier molecular flexibility index (Phi) is 9.94. The lowest BCUT2D eigenvalue weighted by Crippen LogP contribution is -2.90. The van der Waals surface area contributed by atoms with Crippen LogP contribution in [0.2, 0.25) is 0 Å². The number of allylic oxidation sites excluding steroid dienone is 1. The highest BCUT2D eigenvalue weighted by molar-refractivity contribution is 8.77. The topological polar surface area (TPSA) is 201 Å². The van der Waals surface area contributed by atoms with E-state index in [0.717, 1.165) is 25.7 Å². The first kappa shape index (κ1) is 37.6. The molecule has 10 atom stereocenters. The van der Waals surface area contributed by atoms with Gasteiger partial charge in [0, 0.05) is 48.1 Å². The Morgan fingerprint density at radius 2 is 1.92 bits per heavy atom. The van der Waals surface area contributed by atoms with Gasteiger partial charge in [-0.15, -0.1) is 0 Å². The Labute approximate surface area is 315 Å². The smallest absolute Gasteiger partial charge is 0.306 e. The van der Waals surface area contributed by atoms with Gasteiger partial charge in [0.25, 0.3) is 5.79 Å². The number of fused-ring (bicyclic) bond motifs is 11. The Balaban J connectivity index is 1.36. The SMILES string of the molecule is CCOC(=O)CCc1cc2ccoc2c2c1O[C@]13C=CC(SSC4(CCCC4)CNCCO2)[C@](CO)(O1)[C@@]1(O)C[C@@H]2C=C[C@H](O)[C@H](CO)[C@H]2[C@@]3(O)[C@H]1O. The zero-order chi connectivity index (χ0) is 37.2. The van der Waals surface area contributed by atoms with Crippen molar-refractivity contribution in [2.24, 2.45) is 17.8 Å². The van der Waals surface area contributed by atoms with Gasteiger partial charge in [-0.2, -0.15) is 0 Å². The Hall–Kier alpha value is -2.31. The van der Waals surface area contributed by atoms with Gasteiger partial charge in [0.2, 0.25) is 5.75 Å². The molecule has 2 spiro atoms. The highest BCUT2D eigenvalue weighted by Crippen LogP contribution is 2.67. The summed E-state index contributed by atoms with van der Waals surface area (Å²) in [6.45, 7) is 2.02. The molecule has 0 radical (unpaired) electrons. The molecule has 2 aromatic rings. The molecule has 6 aliphatic rings. The zero-order valence-electron chi connectivity index (χ0n) is 29.6. The standard InChI is InChI=1S/C38H49NO12S2/c1-2-47-28(43)8-6-22-17-23-10-15-48-30(23)32-31(22)50-37-13-9-27(52-53-34(11-3-4-12-34)20-39-14-16-49-32)36(21-41,51-37)35(45)18-24-5-7-26(42)25(19-40)29(24)38(37,46)33(35)44/h5,7,9-10,13,15,17,24-27,29,33,39-42,44-46H,2-4,6,8,11-12,14,16,18-21H2,1H3/t24-,25-,26-,27?,29-,33-,35+,36-,37+,38+/m0/s1. The van der Waals surface area contributed by atoms with Crippen LogP contribution in [0.25, 0.3) is 11.0 Å². The number of benzene rings is 1. The van der Waals surface area contributed by atoms with Gasteiger partial charge in [0.1, 0.15) is 23.9 Å². The van der Waals surface area contributed by atoms with Crippen LogP contribution < -0.4 is 14.8 Å². The quantitative estimate of drug-likeness (QED) is 0.128. The minimum absolute atomic E-state index is 0.0161. The summed E-state index contributed by atoms with van der Waals surface area (Å²) in [5, 5.41) is 75.6. The molecule has 15 heteroatoms. The molecule has 1 saturated heterocycles. The Morgan fingerprint density at radius 1 is 1.11 bits per heavy atom. The van der Waals surface area contributed by atoms with Crippen molar-refractivity contribution in [1.29, 1.82) is 0 Å². The van der Waals surface area contributed by atoms with Crippen LogP contribution in [0.3, 0.4) is 0 Å². The molecule has 53 heavy (non-hydrogen) atoms. The van der Waals surface area contributed by atoms with E-state index in [0.29, 0.717) is 29.6 Å². The van der Waals surface area contributed by atoms with E-state index in [9.17, 15) is 35.4 Å². The van der Waals surface area contributed by atoms with E-state index in [1.54, 1.807) is 42.0 Å². The molecular formula is C38H49NO12S2. The number of nitrogens with one attached hydrogen (secondary N) is 1. The number of hydrogen-bond donors (Lipinski definition) is 7. The van der Waals surface area contributed by atoms with E-state index < -0.39 is 77.0 Å². The maximum atomic E-state index is 13.3. The highest BCUT2D eigenvalue weighted by Gasteiger charge is 2.83. The molecule has 2 saturated carbocycles. The molecule has 0 amide bonds. The molecule has 3 aliphatic carbocycles. The van der Waals surface area contributed by atoms with Gasteiger partial charge < -0.3 is 59.3 Å². The Bertz CT molecular complexity index is 1760. The molecule has 1 aromatic carbocycles. The molecule has 8 rings (SSSR count). The number of rotatable bonds is 6. The number of furan rings is 1. The fourth-order valence-electron chi connectivity index (χ4n) is 9.92. The van der Waals surface area contributed by atoms with E-state index in [4.69, 9.17) is 23.4 Å². The number of carbonyl (C=O) groups is 1. The third-order valence-electron chi connectivity index (χ3n) is 12.6. The van der Waals surface area contributed by atoms with Crippen molar-refractivity contribution in [3.63, 3.8) is 0 Å². The van der Waals surface area contributed by atoms with Crippen LogP contribution in [0.5, 0.6) is 11.5 Å². The minimum Gasteiger partial charge on any atom is -0.485 e. The number of aliphatic hydroxyl groups excluding tert-OH is 4. The number of ether oxygens (including phenoxy) is 4. The number of hydrogen-bond acceptors (Lipinski definition) is 15. The molecule has 3 fully saturated rings. The largest absolute Gasteiger partial charge is 0.485 e. The lowest BCUT2D eigenvalue weighted by atomic mass is 9.47. The van der Waals surface area contributed by atoms with Crippen molar-refractivity contribution in [1.82, 2.24) is 5.32 Å². The summed E-state index contributed by atoms with van der Waals surface area (Å²) in [5.74, 6) is -5.25. The van der Waals surface area contributed by atoms with E-state index in [2.05, 4.69) is 5.32 Å². The average Bonchev–Trinajstić information content (AvgIpc) is 3.82. The first-order valence-corrected chi connectivity index (χ1v) is 20.9. The fourth-order valence-corrected chi connectivity index (χ4v) is 13.7. The third-order valence-corrected chi connectivity index (χ3v) is 16.3. The predicted octanol–water partition coefficient (Wildman–Crippen LogP) is 2.38. The van der Waals surface area contributed by atoms with Crippen LogP contribution in [0.4, 0.5) is 0 Å². The highest BCUT2D eigenvalue weighted by atomic mass is 33.1. The van der Waals surface area contributed by atoms with Crippen molar-refractivity contribution < 1.29 is 58.8 Å².